The molecular formula is C18H17ClN2OS. The average molecular weight is 345 g/mol. The van der Waals surface area contributed by atoms with E-state index in [9.17, 15) is 0 Å². The van der Waals surface area contributed by atoms with Crippen LogP contribution in [0.15, 0.2) is 54.7 Å². The van der Waals surface area contributed by atoms with Gasteiger partial charge in [0.05, 0.1) is 12.0 Å². The molecule has 0 amide bonds. The molecule has 1 heterocycles. The Morgan fingerprint density at radius 1 is 1.09 bits per heavy atom. The maximum absolute atomic E-state index is 6.24. The second-order valence-electron chi connectivity index (χ2n) is 5.01. The molecule has 0 unspecified atom stereocenters. The maximum atomic E-state index is 6.24. The number of hydrogen-bond acceptors (Lipinski definition) is 4. The fourth-order valence-electron chi connectivity index (χ4n) is 2.33. The highest BCUT2D eigenvalue weighted by Crippen LogP contribution is 2.31. The lowest BCUT2D eigenvalue weighted by Gasteiger charge is -2.08. The molecule has 0 fully saturated rings. The summed E-state index contributed by atoms with van der Waals surface area (Å²) in [6.07, 6.45) is 1.88. The van der Waals surface area contributed by atoms with E-state index in [1.807, 2.05) is 48.7 Å². The van der Waals surface area contributed by atoms with Crippen LogP contribution in [-0.2, 0) is 13.1 Å². The monoisotopic (exact) mass is 344 g/mol. The fraction of sp³-hybridized carbons (Fsp3) is 0.167. The summed E-state index contributed by atoms with van der Waals surface area (Å²) in [7, 11) is 1.69. The topological polar surface area (TPSA) is 34.1 Å². The Bertz CT molecular complexity index is 788. The normalized spacial score (nSPS) is 10.7. The number of hydrogen-bond donors (Lipinski definition) is 1. The largest absolute Gasteiger partial charge is 0.496 e. The van der Waals surface area contributed by atoms with Crippen LogP contribution in [0.2, 0.25) is 5.02 Å². The van der Waals surface area contributed by atoms with E-state index in [1.54, 1.807) is 18.4 Å². The van der Waals surface area contributed by atoms with E-state index in [2.05, 4.69) is 16.4 Å². The number of aromatic nitrogens is 1. The summed E-state index contributed by atoms with van der Waals surface area (Å²) in [5.74, 6) is 0.899. The molecule has 23 heavy (non-hydrogen) atoms. The zero-order chi connectivity index (χ0) is 16.1. The third-order valence-corrected chi connectivity index (χ3v) is 4.84. The Hall–Kier alpha value is -1.88. The van der Waals surface area contributed by atoms with Crippen molar-refractivity contribution in [2.75, 3.05) is 7.11 Å². The van der Waals surface area contributed by atoms with E-state index in [1.165, 1.54) is 0 Å². The van der Waals surface area contributed by atoms with Gasteiger partial charge in [-0.2, -0.15) is 0 Å². The number of halogens is 1. The third-order valence-electron chi connectivity index (χ3n) is 3.48. The third kappa shape index (κ3) is 3.91. The first kappa shape index (κ1) is 16.0. The number of nitrogens with zero attached hydrogens (tertiary/aromatic N) is 1. The molecule has 0 saturated heterocycles. The number of benzene rings is 2. The standard InChI is InChI=1S/C18H17ClN2OS/c1-22-16-9-5-2-6-13(16)10-20-12-18-21-11-17(23-18)14-7-3-4-8-15(14)19/h2-9,11,20H,10,12H2,1H3. The molecule has 0 aliphatic heterocycles. The number of thiazole rings is 1. The van der Waals surface area contributed by atoms with E-state index in [0.717, 1.165) is 38.3 Å². The number of ether oxygens (including phenoxy) is 1. The molecule has 0 spiro atoms. The molecule has 3 rings (SSSR count). The van der Waals surface area contributed by atoms with Crippen LogP contribution in [0, 0.1) is 0 Å². The maximum Gasteiger partial charge on any atom is 0.123 e. The second kappa shape index (κ2) is 7.59. The lowest BCUT2D eigenvalue weighted by Crippen LogP contribution is -2.13. The SMILES string of the molecule is COc1ccccc1CNCc1ncc(-c2ccccc2Cl)s1. The quantitative estimate of drug-likeness (QED) is 0.700. The zero-order valence-electron chi connectivity index (χ0n) is 12.8. The Balaban J connectivity index is 1.63. The Morgan fingerprint density at radius 3 is 2.70 bits per heavy atom. The van der Waals surface area contributed by atoms with Gasteiger partial charge in [-0.05, 0) is 12.1 Å². The number of rotatable bonds is 6. The van der Waals surface area contributed by atoms with Crippen LogP contribution in [0.3, 0.4) is 0 Å². The molecule has 118 valence electrons. The minimum atomic E-state index is 0.715. The Morgan fingerprint density at radius 2 is 1.87 bits per heavy atom. The van der Waals surface area contributed by atoms with Crippen molar-refractivity contribution in [3.05, 3.63) is 70.3 Å². The summed E-state index contributed by atoms with van der Waals surface area (Å²) in [5, 5.41) is 5.20. The van der Waals surface area contributed by atoms with Gasteiger partial charge in [0.15, 0.2) is 0 Å². The molecule has 1 N–H and O–H groups in total. The molecule has 1 aromatic heterocycles. The summed E-state index contributed by atoms with van der Waals surface area (Å²) in [4.78, 5) is 5.56. The Kier molecular flexibility index (Phi) is 5.28. The van der Waals surface area contributed by atoms with E-state index >= 15 is 0 Å². The molecule has 5 heteroatoms. The van der Waals surface area contributed by atoms with Crippen LogP contribution >= 0.6 is 22.9 Å². The molecular weight excluding hydrogens is 328 g/mol. The van der Waals surface area contributed by atoms with Crippen LogP contribution < -0.4 is 10.1 Å². The van der Waals surface area contributed by atoms with Crippen molar-refractivity contribution in [1.29, 1.82) is 0 Å². The summed E-state index contributed by atoms with van der Waals surface area (Å²) >= 11 is 7.89. The highest BCUT2D eigenvalue weighted by atomic mass is 35.5. The molecule has 0 bridgehead atoms. The van der Waals surface area contributed by atoms with Gasteiger partial charge in [-0.25, -0.2) is 4.98 Å². The van der Waals surface area contributed by atoms with Crippen LogP contribution in [-0.4, -0.2) is 12.1 Å². The van der Waals surface area contributed by atoms with Crippen LogP contribution in [0.1, 0.15) is 10.6 Å². The molecule has 0 saturated carbocycles. The number of methoxy groups -OCH3 is 1. The van der Waals surface area contributed by atoms with Crippen molar-refractivity contribution >= 4 is 22.9 Å². The molecule has 3 aromatic rings. The smallest absolute Gasteiger partial charge is 0.123 e. The highest BCUT2D eigenvalue weighted by molar-refractivity contribution is 7.15. The predicted octanol–water partition coefficient (Wildman–Crippen LogP) is 4.76. The summed E-state index contributed by atoms with van der Waals surface area (Å²) in [6.45, 7) is 1.46. The van der Waals surface area contributed by atoms with E-state index in [-0.39, 0.29) is 0 Å². The van der Waals surface area contributed by atoms with Crippen molar-refractivity contribution < 1.29 is 4.74 Å². The van der Waals surface area contributed by atoms with E-state index < -0.39 is 0 Å². The molecule has 3 nitrogen and oxygen atoms in total. The summed E-state index contributed by atoms with van der Waals surface area (Å²) < 4.78 is 5.36. The van der Waals surface area contributed by atoms with Gasteiger partial charge in [-0.15, -0.1) is 11.3 Å². The van der Waals surface area contributed by atoms with Gasteiger partial charge < -0.3 is 10.1 Å². The van der Waals surface area contributed by atoms with Gasteiger partial charge in [0, 0.05) is 35.4 Å². The highest BCUT2D eigenvalue weighted by Gasteiger charge is 2.08. The molecule has 0 aliphatic rings. The van der Waals surface area contributed by atoms with Gasteiger partial charge in [-0.1, -0.05) is 48.0 Å². The first-order valence-corrected chi connectivity index (χ1v) is 8.49. The van der Waals surface area contributed by atoms with Crippen molar-refractivity contribution in [1.82, 2.24) is 10.3 Å². The molecule has 0 atom stereocenters. The van der Waals surface area contributed by atoms with Crippen LogP contribution in [0.5, 0.6) is 5.75 Å². The number of nitrogens with one attached hydrogen (secondary N) is 1. The minimum Gasteiger partial charge on any atom is -0.496 e. The van der Waals surface area contributed by atoms with Crippen molar-refractivity contribution in [3.8, 4) is 16.2 Å². The van der Waals surface area contributed by atoms with Gasteiger partial charge in [-0.3, -0.25) is 0 Å². The fourth-order valence-corrected chi connectivity index (χ4v) is 3.55. The van der Waals surface area contributed by atoms with Gasteiger partial charge in [0.25, 0.3) is 0 Å². The lowest BCUT2D eigenvalue weighted by molar-refractivity contribution is 0.407. The van der Waals surface area contributed by atoms with Crippen molar-refractivity contribution in [2.24, 2.45) is 0 Å². The van der Waals surface area contributed by atoms with Gasteiger partial charge in [0.1, 0.15) is 10.8 Å². The van der Waals surface area contributed by atoms with Gasteiger partial charge >= 0.3 is 0 Å². The van der Waals surface area contributed by atoms with E-state index in [4.69, 9.17) is 16.3 Å². The van der Waals surface area contributed by atoms with E-state index in [0.29, 0.717) is 6.54 Å². The first-order valence-electron chi connectivity index (χ1n) is 7.30. The summed E-state index contributed by atoms with van der Waals surface area (Å²) in [5.41, 5.74) is 2.17. The number of para-hydroxylation sites is 1. The lowest BCUT2D eigenvalue weighted by atomic mass is 10.2. The molecule has 0 aliphatic carbocycles. The predicted molar refractivity (Wildman–Crippen MR) is 96.1 cm³/mol. The van der Waals surface area contributed by atoms with Crippen molar-refractivity contribution in [2.45, 2.75) is 13.1 Å². The Labute approximate surface area is 144 Å². The zero-order valence-corrected chi connectivity index (χ0v) is 14.3. The first-order chi connectivity index (χ1) is 11.3. The van der Waals surface area contributed by atoms with Crippen LogP contribution in [0.25, 0.3) is 10.4 Å². The second-order valence-corrected chi connectivity index (χ2v) is 6.54. The average Bonchev–Trinajstić information content (AvgIpc) is 3.04. The minimum absolute atomic E-state index is 0.715. The molecule has 0 radical (unpaired) electrons. The summed E-state index contributed by atoms with van der Waals surface area (Å²) in [6, 6.07) is 15.8. The van der Waals surface area contributed by atoms with Crippen LogP contribution in [0.4, 0.5) is 0 Å². The van der Waals surface area contributed by atoms with Crippen molar-refractivity contribution in [3.63, 3.8) is 0 Å². The molecule has 2 aromatic carbocycles. The van der Waals surface area contributed by atoms with Gasteiger partial charge in [0.2, 0.25) is 0 Å².